The molecule has 0 saturated carbocycles. The SMILES string of the molecule is CC(C)C(CBr)Cn1c(=O)ccc2ccccc21. The van der Waals surface area contributed by atoms with E-state index in [0.29, 0.717) is 11.8 Å². The lowest BCUT2D eigenvalue weighted by Crippen LogP contribution is -2.26. The quantitative estimate of drug-likeness (QED) is 0.790. The Morgan fingerprint density at radius 1 is 1.17 bits per heavy atom. The van der Waals surface area contributed by atoms with Crippen molar-refractivity contribution in [2.24, 2.45) is 11.8 Å². The Kier molecular flexibility index (Phi) is 4.23. The summed E-state index contributed by atoms with van der Waals surface area (Å²) in [5.74, 6) is 1.02. The van der Waals surface area contributed by atoms with Gasteiger partial charge in [-0.15, -0.1) is 0 Å². The highest BCUT2D eigenvalue weighted by Gasteiger charge is 2.14. The summed E-state index contributed by atoms with van der Waals surface area (Å²) in [4.78, 5) is 12.1. The Labute approximate surface area is 116 Å². The number of aromatic nitrogens is 1. The molecule has 0 fully saturated rings. The number of benzene rings is 1. The number of alkyl halides is 1. The van der Waals surface area contributed by atoms with Crippen LogP contribution in [0.4, 0.5) is 0 Å². The summed E-state index contributed by atoms with van der Waals surface area (Å²) in [6, 6.07) is 11.6. The maximum Gasteiger partial charge on any atom is 0.251 e. The van der Waals surface area contributed by atoms with Gasteiger partial charge in [-0.1, -0.05) is 48.0 Å². The molecule has 3 heteroatoms. The molecule has 0 amide bonds. The van der Waals surface area contributed by atoms with E-state index in [9.17, 15) is 4.79 Å². The van der Waals surface area contributed by atoms with Crippen molar-refractivity contribution in [3.8, 4) is 0 Å². The van der Waals surface area contributed by atoms with Crippen molar-refractivity contribution in [1.29, 1.82) is 0 Å². The Hall–Kier alpha value is -1.09. The summed E-state index contributed by atoms with van der Waals surface area (Å²) < 4.78 is 1.89. The first-order chi connectivity index (χ1) is 8.63. The Morgan fingerprint density at radius 3 is 2.56 bits per heavy atom. The molecule has 1 aromatic heterocycles. The van der Waals surface area contributed by atoms with E-state index in [1.807, 2.05) is 34.9 Å². The molecule has 1 aromatic carbocycles. The number of fused-ring (bicyclic) bond motifs is 1. The lowest BCUT2D eigenvalue weighted by molar-refractivity contribution is 0.374. The van der Waals surface area contributed by atoms with Crippen LogP contribution in [-0.2, 0) is 6.54 Å². The number of hydrogen-bond donors (Lipinski definition) is 0. The molecule has 2 nitrogen and oxygen atoms in total. The molecule has 96 valence electrons. The number of rotatable bonds is 4. The molecule has 1 heterocycles. The molecule has 18 heavy (non-hydrogen) atoms. The fourth-order valence-corrected chi connectivity index (χ4v) is 3.06. The predicted molar refractivity (Wildman–Crippen MR) is 80.3 cm³/mol. The van der Waals surface area contributed by atoms with Crippen molar-refractivity contribution in [3.63, 3.8) is 0 Å². The first-order valence-corrected chi connectivity index (χ1v) is 7.40. The van der Waals surface area contributed by atoms with Crippen molar-refractivity contribution in [2.75, 3.05) is 5.33 Å². The number of nitrogens with zero attached hydrogens (tertiary/aromatic N) is 1. The number of hydrogen-bond acceptors (Lipinski definition) is 1. The van der Waals surface area contributed by atoms with Crippen molar-refractivity contribution in [3.05, 3.63) is 46.8 Å². The second kappa shape index (κ2) is 5.70. The number of pyridine rings is 1. The van der Waals surface area contributed by atoms with Gasteiger partial charge < -0.3 is 4.57 Å². The van der Waals surface area contributed by atoms with Crippen LogP contribution in [0.5, 0.6) is 0 Å². The maximum atomic E-state index is 12.1. The third kappa shape index (κ3) is 2.66. The zero-order valence-corrected chi connectivity index (χ0v) is 12.4. The predicted octanol–water partition coefficient (Wildman–Crippen LogP) is 3.67. The average Bonchev–Trinajstić information content (AvgIpc) is 2.37. The summed E-state index contributed by atoms with van der Waals surface area (Å²) in [5.41, 5.74) is 1.11. The van der Waals surface area contributed by atoms with Crippen LogP contribution in [0.1, 0.15) is 13.8 Å². The lowest BCUT2D eigenvalue weighted by Gasteiger charge is -2.20. The Morgan fingerprint density at radius 2 is 1.89 bits per heavy atom. The van der Waals surface area contributed by atoms with E-state index in [0.717, 1.165) is 22.8 Å². The summed E-state index contributed by atoms with van der Waals surface area (Å²) in [6.45, 7) is 5.16. The normalized spacial score (nSPS) is 13.1. The van der Waals surface area contributed by atoms with Crippen LogP contribution in [0.3, 0.4) is 0 Å². The molecule has 0 aliphatic heterocycles. The van der Waals surface area contributed by atoms with E-state index in [-0.39, 0.29) is 5.56 Å². The fraction of sp³-hybridized carbons (Fsp3) is 0.400. The van der Waals surface area contributed by atoms with E-state index < -0.39 is 0 Å². The van der Waals surface area contributed by atoms with Gasteiger partial charge in [-0.2, -0.15) is 0 Å². The highest BCUT2D eigenvalue weighted by molar-refractivity contribution is 9.09. The van der Waals surface area contributed by atoms with Gasteiger partial charge >= 0.3 is 0 Å². The molecular formula is C15H18BrNO. The molecule has 0 saturated heterocycles. The third-order valence-corrected chi connectivity index (χ3v) is 4.29. The van der Waals surface area contributed by atoms with Gasteiger partial charge in [-0.05, 0) is 29.4 Å². The van der Waals surface area contributed by atoms with Crippen LogP contribution >= 0.6 is 15.9 Å². The molecule has 0 aliphatic rings. The molecule has 2 aromatic rings. The average molecular weight is 308 g/mol. The zero-order valence-electron chi connectivity index (χ0n) is 10.8. The van der Waals surface area contributed by atoms with Gasteiger partial charge in [0.2, 0.25) is 0 Å². The Balaban J connectivity index is 2.49. The zero-order chi connectivity index (χ0) is 13.1. The fourth-order valence-electron chi connectivity index (χ4n) is 2.10. The van der Waals surface area contributed by atoms with Crippen molar-refractivity contribution in [1.82, 2.24) is 4.57 Å². The second-order valence-corrected chi connectivity index (χ2v) is 5.65. The van der Waals surface area contributed by atoms with E-state index in [2.05, 4.69) is 29.8 Å². The van der Waals surface area contributed by atoms with E-state index >= 15 is 0 Å². The monoisotopic (exact) mass is 307 g/mol. The van der Waals surface area contributed by atoms with Crippen LogP contribution in [0.25, 0.3) is 10.9 Å². The van der Waals surface area contributed by atoms with Crippen LogP contribution in [0, 0.1) is 11.8 Å². The minimum atomic E-state index is 0.0836. The first kappa shape index (κ1) is 13.3. The van der Waals surface area contributed by atoms with Gasteiger partial charge in [0.25, 0.3) is 5.56 Å². The van der Waals surface area contributed by atoms with Crippen LogP contribution in [0.15, 0.2) is 41.2 Å². The smallest absolute Gasteiger partial charge is 0.251 e. The summed E-state index contributed by atoms with van der Waals surface area (Å²) in [6.07, 6.45) is 0. The topological polar surface area (TPSA) is 22.0 Å². The standard InChI is InChI=1S/C15H18BrNO/c1-11(2)13(9-16)10-17-14-6-4-3-5-12(14)7-8-15(17)18/h3-8,11,13H,9-10H2,1-2H3. The molecule has 0 N–H and O–H groups in total. The molecule has 1 unspecified atom stereocenters. The van der Waals surface area contributed by atoms with E-state index in [1.165, 1.54) is 0 Å². The van der Waals surface area contributed by atoms with Gasteiger partial charge in [-0.3, -0.25) is 4.79 Å². The maximum absolute atomic E-state index is 12.1. The molecule has 0 radical (unpaired) electrons. The lowest BCUT2D eigenvalue weighted by atomic mass is 9.98. The largest absolute Gasteiger partial charge is 0.308 e. The molecular weight excluding hydrogens is 290 g/mol. The third-order valence-electron chi connectivity index (χ3n) is 3.46. The van der Waals surface area contributed by atoms with Gasteiger partial charge in [0.15, 0.2) is 0 Å². The van der Waals surface area contributed by atoms with Crippen molar-refractivity contribution >= 4 is 26.8 Å². The highest BCUT2D eigenvalue weighted by atomic mass is 79.9. The Bertz CT molecular complexity index is 588. The van der Waals surface area contributed by atoms with Crippen LogP contribution in [-0.4, -0.2) is 9.90 Å². The van der Waals surface area contributed by atoms with Gasteiger partial charge in [0.05, 0.1) is 5.52 Å². The van der Waals surface area contributed by atoms with Crippen LogP contribution < -0.4 is 5.56 Å². The summed E-state index contributed by atoms with van der Waals surface area (Å²) in [5, 5.41) is 2.04. The molecule has 2 rings (SSSR count). The molecule has 0 spiro atoms. The molecule has 0 aliphatic carbocycles. The second-order valence-electron chi connectivity index (χ2n) is 5.00. The minimum Gasteiger partial charge on any atom is -0.308 e. The van der Waals surface area contributed by atoms with E-state index in [1.54, 1.807) is 6.07 Å². The van der Waals surface area contributed by atoms with E-state index in [4.69, 9.17) is 0 Å². The number of halogens is 1. The summed E-state index contributed by atoms with van der Waals surface area (Å²) in [7, 11) is 0. The summed E-state index contributed by atoms with van der Waals surface area (Å²) >= 11 is 3.55. The molecule has 0 bridgehead atoms. The van der Waals surface area contributed by atoms with Crippen molar-refractivity contribution in [2.45, 2.75) is 20.4 Å². The first-order valence-electron chi connectivity index (χ1n) is 6.28. The van der Waals surface area contributed by atoms with Gasteiger partial charge in [-0.25, -0.2) is 0 Å². The van der Waals surface area contributed by atoms with Gasteiger partial charge in [0.1, 0.15) is 0 Å². The van der Waals surface area contributed by atoms with Gasteiger partial charge in [0, 0.05) is 17.9 Å². The van der Waals surface area contributed by atoms with Crippen LogP contribution in [0.2, 0.25) is 0 Å². The highest BCUT2D eigenvalue weighted by Crippen LogP contribution is 2.18. The minimum absolute atomic E-state index is 0.0836. The molecule has 1 atom stereocenters. The number of para-hydroxylation sites is 1. The van der Waals surface area contributed by atoms with Crippen molar-refractivity contribution < 1.29 is 0 Å².